The number of amides is 1. The van der Waals surface area contributed by atoms with Gasteiger partial charge >= 0.3 is 0 Å². The molecule has 4 rings (SSSR count). The fraction of sp³-hybridized carbons (Fsp3) is 0.269. The Labute approximate surface area is 226 Å². The maximum absolute atomic E-state index is 13.4. The molecular weight excluding hydrogens is 578 g/mol. The monoisotopic (exact) mass is 605 g/mol. The molecule has 37 heavy (non-hydrogen) atoms. The first kappa shape index (κ1) is 27.5. The van der Waals surface area contributed by atoms with Crippen molar-refractivity contribution in [2.75, 3.05) is 19.6 Å². The Balaban J connectivity index is 1.44. The molecule has 0 saturated carbocycles. The molecule has 0 atom stereocenters. The molecule has 0 bridgehead atoms. The molecule has 1 saturated heterocycles. The predicted molar refractivity (Wildman–Crippen MR) is 144 cm³/mol. The molecule has 1 fully saturated rings. The number of hydrogen-bond acceptors (Lipinski definition) is 5. The van der Waals surface area contributed by atoms with Crippen molar-refractivity contribution >= 4 is 41.9 Å². The maximum Gasteiger partial charge on any atom is 0.243 e. The quantitative estimate of drug-likeness (QED) is 0.379. The first-order valence-electron chi connectivity index (χ1n) is 11.8. The molecule has 1 heterocycles. The fourth-order valence-electron chi connectivity index (χ4n) is 4.04. The van der Waals surface area contributed by atoms with E-state index < -0.39 is 26.0 Å². The van der Waals surface area contributed by atoms with Crippen LogP contribution in [-0.4, -0.2) is 51.0 Å². The third-order valence-electron chi connectivity index (χ3n) is 6.09. The van der Waals surface area contributed by atoms with Crippen LogP contribution >= 0.6 is 15.9 Å². The molecule has 0 radical (unpaired) electrons. The van der Waals surface area contributed by atoms with Crippen molar-refractivity contribution in [3.8, 4) is 0 Å². The van der Waals surface area contributed by atoms with Crippen molar-refractivity contribution < 1.29 is 21.6 Å². The number of rotatable bonds is 10. The van der Waals surface area contributed by atoms with Gasteiger partial charge in [0.2, 0.25) is 26.0 Å². The summed E-state index contributed by atoms with van der Waals surface area (Å²) >= 11 is 3.31. The van der Waals surface area contributed by atoms with Gasteiger partial charge in [-0.2, -0.15) is 8.61 Å². The minimum Gasteiger partial charge on any atom is -0.351 e. The van der Waals surface area contributed by atoms with E-state index in [1.807, 2.05) is 18.2 Å². The van der Waals surface area contributed by atoms with Crippen molar-refractivity contribution in [1.82, 2.24) is 13.9 Å². The number of hydrogen-bond donors (Lipinski definition) is 1. The van der Waals surface area contributed by atoms with Crippen LogP contribution in [-0.2, 0) is 37.9 Å². The molecular formula is C26H28BrN3O5S2. The predicted octanol–water partition coefficient (Wildman–Crippen LogP) is 3.74. The van der Waals surface area contributed by atoms with Crippen molar-refractivity contribution in [2.45, 2.75) is 35.7 Å². The highest BCUT2D eigenvalue weighted by atomic mass is 79.9. The molecule has 0 aliphatic carbocycles. The summed E-state index contributed by atoms with van der Waals surface area (Å²) in [6, 6.07) is 21.7. The van der Waals surface area contributed by atoms with E-state index in [9.17, 15) is 21.6 Å². The second kappa shape index (κ2) is 11.9. The second-order valence-electron chi connectivity index (χ2n) is 8.74. The van der Waals surface area contributed by atoms with Crippen LogP contribution in [0.2, 0.25) is 0 Å². The van der Waals surface area contributed by atoms with E-state index in [4.69, 9.17) is 0 Å². The van der Waals surface area contributed by atoms with Crippen molar-refractivity contribution in [1.29, 1.82) is 0 Å². The number of halogens is 1. The van der Waals surface area contributed by atoms with Gasteiger partial charge in [0, 0.05) is 30.7 Å². The van der Waals surface area contributed by atoms with E-state index in [-0.39, 0.29) is 29.4 Å². The van der Waals surface area contributed by atoms with Crippen molar-refractivity contribution in [2.24, 2.45) is 0 Å². The lowest BCUT2D eigenvalue weighted by atomic mass is 10.2. The van der Waals surface area contributed by atoms with Crippen LogP contribution in [0.5, 0.6) is 0 Å². The zero-order chi connectivity index (χ0) is 26.5. The van der Waals surface area contributed by atoms with Crippen LogP contribution in [0.4, 0.5) is 0 Å². The standard InChI is InChI=1S/C26H28BrN3O5S2/c27-23-10-14-25(15-11-23)37(34,35)30(19-22-6-2-1-3-7-22)20-26(31)28-18-21-8-12-24(13-9-21)36(32,33)29-16-4-5-17-29/h1-3,6-15H,4-5,16-20H2,(H,28,31). The molecule has 196 valence electrons. The largest absolute Gasteiger partial charge is 0.351 e. The van der Waals surface area contributed by atoms with Gasteiger partial charge in [0.25, 0.3) is 0 Å². The average molecular weight is 607 g/mol. The molecule has 0 spiro atoms. The number of nitrogens with one attached hydrogen (secondary N) is 1. The van der Waals surface area contributed by atoms with Gasteiger partial charge in [-0.15, -0.1) is 0 Å². The van der Waals surface area contributed by atoms with E-state index >= 15 is 0 Å². The number of carbonyl (C=O) groups is 1. The number of nitrogens with zero attached hydrogens (tertiary/aromatic N) is 2. The van der Waals surface area contributed by atoms with Gasteiger partial charge in [-0.3, -0.25) is 4.79 Å². The summed E-state index contributed by atoms with van der Waals surface area (Å²) in [5.74, 6) is -0.467. The first-order valence-corrected chi connectivity index (χ1v) is 15.5. The fourth-order valence-corrected chi connectivity index (χ4v) is 7.21. The molecule has 1 aliphatic rings. The van der Waals surface area contributed by atoms with Crippen LogP contribution in [0.15, 0.2) is 93.1 Å². The third kappa shape index (κ3) is 6.85. The SMILES string of the molecule is O=C(CN(Cc1ccccc1)S(=O)(=O)c1ccc(Br)cc1)NCc1ccc(S(=O)(=O)N2CCCC2)cc1. The Morgan fingerprint density at radius 3 is 2.03 bits per heavy atom. The molecule has 1 aliphatic heterocycles. The van der Waals surface area contributed by atoms with Crippen LogP contribution < -0.4 is 5.32 Å². The van der Waals surface area contributed by atoms with Crippen LogP contribution in [0.25, 0.3) is 0 Å². The van der Waals surface area contributed by atoms with Gasteiger partial charge in [0.1, 0.15) is 0 Å². The molecule has 0 aromatic heterocycles. The van der Waals surface area contributed by atoms with Crippen molar-refractivity contribution in [3.05, 3.63) is 94.5 Å². The highest BCUT2D eigenvalue weighted by Gasteiger charge is 2.28. The zero-order valence-electron chi connectivity index (χ0n) is 20.1. The number of benzene rings is 3. The number of carbonyl (C=O) groups excluding carboxylic acids is 1. The normalized spacial score (nSPS) is 14.6. The van der Waals surface area contributed by atoms with Gasteiger partial charge in [-0.1, -0.05) is 58.4 Å². The lowest BCUT2D eigenvalue weighted by Gasteiger charge is -2.22. The summed E-state index contributed by atoms with van der Waals surface area (Å²) in [5.41, 5.74) is 1.46. The Hall–Kier alpha value is -2.57. The lowest BCUT2D eigenvalue weighted by molar-refractivity contribution is -0.121. The maximum atomic E-state index is 13.4. The molecule has 0 unspecified atom stereocenters. The van der Waals surface area contributed by atoms with E-state index in [2.05, 4.69) is 21.2 Å². The average Bonchev–Trinajstić information content (AvgIpc) is 3.44. The van der Waals surface area contributed by atoms with Gasteiger partial charge in [0.15, 0.2) is 0 Å². The third-order valence-corrected chi connectivity index (χ3v) is 10.3. The highest BCUT2D eigenvalue weighted by molar-refractivity contribution is 9.10. The molecule has 1 amide bonds. The van der Waals surface area contributed by atoms with Gasteiger partial charge < -0.3 is 5.32 Å². The highest BCUT2D eigenvalue weighted by Crippen LogP contribution is 2.22. The Kier molecular flexibility index (Phi) is 8.81. The van der Waals surface area contributed by atoms with Gasteiger partial charge in [-0.25, -0.2) is 16.8 Å². The molecule has 11 heteroatoms. The number of sulfonamides is 2. The Morgan fingerprint density at radius 2 is 1.41 bits per heavy atom. The molecule has 3 aromatic rings. The summed E-state index contributed by atoms with van der Waals surface area (Å²) in [6.45, 7) is 0.871. The van der Waals surface area contributed by atoms with Crippen LogP contribution in [0.1, 0.15) is 24.0 Å². The summed E-state index contributed by atoms with van der Waals surface area (Å²) in [5, 5.41) is 2.75. The zero-order valence-corrected chi connectivity index (χ0v) is 23.3. The lowest BCUT2D eigenvalue weighted by Crippen LogP contribution is -2.40. The van der Waals surface area contributed by atoms with Crippen LogP contribution in [0, 0.1) is 0 Å². The summed E-state index contributed by atoms with van der Waals surface area (Å²) in [6.07, 6.45) is 1.73. The molecule has 8 nitrogen and oxygen atoms in total. The smallest absolute Gasteiger partial charge is 0.243 e. The van der Waals surface area contributed by atoms with E-state index in [1.54, 1.807) is 36.4 Å². The van der Waals surface area contributed by atoms with E-state index in [0.717, 1.165) is 27.2 Å². The Morgan fingerprint density at radius 1 is 0.811 bits per heavy atom. The molecule has 1 N–H and O–H groups in total. The topological polar surface area (TPSA) is 104 Å². The van der Waals surface area contributed by atoms with E-state index in [0.29, 0.717) is 18.7 Å². The van der Waals surface area contributed by atoms with Crippen LogP contribution in [0.3, 0.4) is 0 Å². The summed E-state index contributed by atoms with van der Waals surface area (Å²) in [7, 11) is -7.45. The van der Waals surface area contributed by atoms with Gasteiger partial charge in [-0.05, 0) is 60.4 Å². The summed E-state index contributed by atoms with van der Waals surface area (Å²) < 4.78 is 55.5. The summed E-state index contributed by atoms with van der Waals surface area (Å²) in [4.78, 5) is 13.1. The second-order valence-corrected chi connectivity index (χ2v) is 13.5. The minimum absolute atomic E-state index is 0.0374. The minimum atomic E-state index is -3.94. The van der Waals surface area contributed by atoms with E-state index in [1.165, 1.54) is 28.6 Å². The van der Waals surface area contributed by atoms with Gasteiger partial charge in [0.05, 0.1) is 16.3 Å². The first-order chi connectivity index (χ1) is 17.7. The van der Waals surface area contributed by atoms with Crippen molar-refractivity contribution in [3.63, 3.8) is 0 Å². The Bertz CT molecular complexity index is 1420. The molecule has 3 aromatic carbocycles.